The Balaban J connectivity index is 1.63. The summed E-state index contributed by atoms with van der Waals surface area (Å²) in [5.74, 6) is -0.341. The van der Waals surface area contributed by atoms with Crippen molar-refractivity contribution in [1.82, 2.24) is 9.88 Å². The Morgan fingerprint density at radius 2 is 2.20 bits per heavy atom. The van der Waals surface area contributed by atoms with Gasteiger partial charge in [0, 0.05) is 24.5 Å². The molecule has 0 saturated carbocycles. The molecule has 25 heavy (non-hydrogen) atoms. The van der Waals surface area contributed by atoms with Crippen molar-refractivity contribution < 1.29 is 9.59 Å². The molecular weight excluding hydrogens is 374 g/mol. The number of thioether (sulfide) groups is 1. The first kappa shape index (κ1) is 17.8. The zero-order chi connectivity index (χ0) is 17.8. The quantitative estimate of drug-likeness (QED) is 0.624. The van der Waals surface area contributed by atoms with Crippen LogP contribution in [0.3, 0.4) is 0 Å². The Morgan fingerprint density at radius 1 is 1.40 bits per heavy atom. The average Bonchev–Trinajstić information content (AvgIpc) is 3.17. The number of thiazole rings is 1. The molecule has 2 amide bonds. The fourth-order valence-electron chi connectivity index (χ4n) is 2.26. The topological polar surface area (TPSA) is 62.3 Å². The number of aromatic nitrogens is 1. The third-order valence-electron chi connectivity index (χ3n) is 3.59. The summed E-state index contributed by atoms with van der Waals surface area (Å²) in [6.45, 7) is 2.25. The Labute approximate surface area is 159 Å². The molecule has 2 aromatic rings. The van der Waals surface area contributed by atoms with Crippen molar-refractivity contribution in [2.75, 3.05) is 11.9 Å². The van der Waals surface area contributed by atoms with E-state index in [1.807, 2.05) is 37.3 Å². The molecule has 0 aliphatic carbocycles. The van der Waals surface area contributed by atoms with Crippen LogP contribution in [0.2, 0.25) is 0 Å². The molecule has 0 atom stereocenters. The summed E-state index contributed by atoms with van der Waals surface area (Å²) in [4.78, 5) is 30.6. The van der Waals surface area contributed by atoms with E-state index >= 15 is 0 Å². The fourth-order valence-corrected chi connectivity index (χ4v) is 4.11. The van der Waals surface area contributed by atoms with Crippen molar-refractivity contribution in [2.24, 2.45) is 0 Å². The van der Waals surface area contributed by atoms with Gasteiger partial charge in [0.2, 0.25) is 5.91 Å². The molecule has 128 valence electrons. The number of amides is 2. The van der Waals surface area contributed by atoms with Crippen molar-refractivity contribution in [2.45, 2.75) is 13.3 Å². The van der Waals surface area contributed by atoms with Gasteiger partial charge in [0.1, 0.15) is 4.32 Å². The van der Waals surface area contributed by atoms with Crippen LogP contribution in [0.1, 0.15) is 17.5 Å². The number of aryl methyl sites for hydroxylation is 1. The minimum Gasteiger partial charge on any atom is -0.302 e. The number of benzene rings is 1. The van der Waals surface area contributed by atoms with Crippen molar-refractivity contribution in [3.63, 3.8) is 0 Å². The number of carbonyl (C=O) groups is 2. The van der Waals surface area contributed by atoms with Gasteiger partial charge in [0.25, 0.3) is 5.91 Å². The van der Waals surface area contributed by atoms with E-state index in [1.165, 1.54) is 28.0 Å². The maximum absolute atomic E-state index is 12.6. The van der Waals surface area contributed by atoms with Gasteiger partial charge < -0.3 is 5.32 Å². The van der Waals surface area contributed by atoms with Crippen LogP contribution < -0.4 is 5.32 Å². The average molecular weight is 390 g/mol. The van der Waals surface area contributed by atoms with Gasteiger partial charge in [0.15, 0.2) is 5.13 Å². The van der Waals surface area contributed by atoms with E-state index in [0.717, 1.165) is 11.1 Å². The van der Waals surface area contributed by atoms with Crippen LogP contribution in [0, 0.1) is 6.92 Å². The van der Waals surface area contributed by atoms with Crippen LogP contribution in [0.5, 0.6) is 0 Å². The van der Waals surface area contributed by atoms with Crippen molar-refractivity contribution >= 4 is 62.7 Å². The van der Waals surface area contributed by atoms with E-state index in [4.69, 9.17) is 12.2 Å². The molecule has 1 aromatic carbocycles. The second-order valence-electron chi connectivity index (χ2n) is 5.33. The summed E-state index contributed by atoms with van der Waals surface area (Å²) >= 11 is 7.92. The van der Waals surface area contributed by atoms with Gasteiger partial charge in [-0.2, -0.15) is 0 Å². The number of thiocarbonyl (C=S) groups is 1. The lowest BCUT2D eigenvalue weighted by Gasteiger charge is -2.13. The maximum atomic E-state index is 12.6. The molecule has 0 bridgehead atoms. The summed E-state index contributed by atoms with van der Waals surface area (Å²) in [6.07, 6.45) is 3.65. The highest BCUT2D eigenvalue weighted by atomic mass is 32.2. The molecule has 0 unspecified atom stereocenters. The molecular formula is C17H15N3O2S3. The first-order valence-corrected chi connectivity index (χ1v) is 9.65. The van der Waals surface area contributed by atoms with Gasteiger partial charge in [-0.1, -0.05) is 48.2 Å². The highest BCUT2D eigenvalue weighted by Crippen LogP contribution is 2.33. The largest absolute Gasteiger partial charge is 0.302 e. The Hall–Kier alpha value is -2.03. The second-order valence-corrected chi connectivity index (χ2v) is 7.90. The lowest BCUT2D eigenvalue weighted by atomic mass is 10.1. The molecule has 0 spiro atoms. The number of hydrogen-bond donors (Lipinski definition) is 1. The van der Waals surface area contributed by atoms with Gasteiger partial charge in [-0.05, 0) is 24.1 Å². The van der Waals surface area contributed by atoms with Crippen LogP contribution in [0.15, 0.2) is 40.7 Å². The Morgan fingerprint density at radius 3 is 2.92 bits per heavy atom. The normalized spacial score (nSPS) is 15.9. The predicted octanol–water partition coefficient (Wildman–Crippen LogP) is 3.68. The monoisotopic (exact) mass is 389 g/mol. The minimum atomic E-state index is -0.188. The van der Waals surface area contributed by atoms with Gasteiger partial charge >= 0.3 is 0 Å². The van der Waals surface area contributed by atoms with Crippen LogP contribution >= 0.6 is 35.3 Å². The highest BCUT2D eigenvalue weighted by Gasteiger charge is 2.32. The highest BCUT2D eigenvalue weighted by molar-refractivity contribution is 8.26. The van der Waals surface area contributed by atoms with Crippen LogP contribution in [-0.4, -0.2) is 32.6 Å². The summed E-state index contributed by atoms with van der Waals surface area (Å²) in [7, 11) is 0. The van der Waals surface area contributed by atoms with E-state index < -0.39 is 0 Å². The molecule has 3 rings (SSSR count). The van der Waals surface area contributed by atoms with Crippen LogP contribution in [0.25, 0.3) is 6.08 Å². The molecule has 1 aromatic heterocycles. The van der Waals surface area contributed by atoms with Gasteiger partial charge in [-0.25, -0.2) is 4.98 Å². The van der Waals surface area contributed by atoms with E-state index in [0.29, 0.717) is 14.4 Å². The Bertz CT molecular complexity index is 847. The van der Waals surface area contributed by atoms with E-state index in [-0.39, 0.29) is 24.8 Å². The van der Waals surface area contributed by atoms with E-state index in [2.05, 4.69) is 10.3 Å². The number of anilines is 1. The Kier molecular flexibility index (Phi) is 5.62. The van der Waals surface area contributed by atoms with E-state index in [9.17, 15) is 9.59 Å². The zero-order valence-corrected chi connectivity index (χ0v) is 15.8. The molecule has 8 heteroatoms. The number of carbonyl (C=O) groups excluding carboxylic acids is 2. The third-order valence-corrected chi connectivity index (χ3v) is 5.66. The predicted molar refractivity (Wildman–Crippen MR) is 106 cm³/mol. The first-order valence-electron chi connectivity index (χ1n) is 7.55. The molecule has 1 saturated heterocycles. The lowest BCUT2D eigenvalue weighted by molar-refractivity contribution is -0.122. The van der Waals surface area contributed by atoms with Crippen LogP contribution in [0.4, 0.5) is 5.13 Å². The second kappa shape index (κ2) is 7.90. The molecule has 1 aliphatic heterocycles. The molecule has 5 nitrogen and oxygen atoms in total. The van der Waals surface area contributed by atoms with Crippen molar-refractivity contribution in [1.29, 1.82) is 0 Å². The van der Waals surface area contributed by atoms with Crippen LogP contribution in [-0.2, 0) is 9.59 Å². The maximum Gasteiger partial charge on any atom is 0.266 e. The standard InChI is InChI=1S/C17H15N3O2S3/c1-11-4-2-3-5-12(11)10-13-15(22)20(17(23)25-13)8-6-14(21)19-16-18-7-9-24-16/h2-5,7,9-10H,6,8H2,1H3,(H,18,19,21)/b13-10-. The SMILES string of the molecule is Cc1ccccc1/C=C1\SC(=S)N(CCC(=O)Nc2nccs2)C1=O. The summed E-state index contributed by atoms with van der Waals surface area (Å²) in [5.41, 5.74) is 2.08. The molecule has 1 N–H and O–H groups in total. The summed E-state index contributed by atoms with van der Waals surface area (Å²) in [5, 5.41) is 5.04. The van der Waals surface area contributed by atoms with E-state index in [1.54, 1.807) is 11.6 Å². The number of nitrogens with zero attached hydrogens (tertiary/aromatic N) is 2. The molecule has 2 heterocycles. The molecule has 1 fully saturated rings. The summed E-state index contributed by atoms with van der Waals surface area (Å²) in [6, 6.07) is 7.85. The van der Waals surface area contributed by atoms with Gasteiger partial charge in [0.05, 0.1) is 4.91 Å². The lowest BCUT2D eigenvalue weighted by Crippen LogP contribution is -2.31. The summed E-state index contributed by atoms with van der Waals surface area (Å²) < 4.78 is 0.479. The molecule has 0 radical (unpaired) electrons. The zero-order valence-electron chi connectivity index (χ0n) is 13.4. The van der Waals surface area contributed by atoms with Gasteiger partial charge in [-0.15, -0.1) is 11.3 Å². The number of nitrogens with one attached hydrogen (secondary N) is 1. The first-order chi connectivity index (χ1) is 12.0. The number of hydrogen-bond acceptors (Lipinski definition) is 6. The van der Waals surface area contributed by atoms with Gasteiger partial charge in [-0.3, -0.25) is 14.5 Å². The fraction of sp³-hybridized carbons (Fsp3) is 0.176. The van der Waals surface area contributed by atoms with Crippen molar-refractivity contribution in [3.05, 3.63) is 51.9 Å². The smallest absolute Gasteiger partial charge is 0.266 e. The van der Waals surface area contributed by atoms with Crippen molar-refractivity contribution in [3.8, 4) is 0 Å². The third kappa shape index (κ3) is 4.33. The number of rotatable bonds is 5. The molecule has 1 aliphatic rings. The minimum absolute atomic E-state index is 0.152.